The summed E-state index contributed by atoms with van der Waals surface area (Å²) >= 11 is 0. The third-order valence-corrected chi connectivity index (χ3v) is 4.15. The van der Waals surface area contributed by atoms with E-state index in [1.807, 2.05) is 26.0 Å². The third-order valence-electron chi connectivity index (χ3n) is 4.15. The molecule has 1 aromatic heterocycles. The van der Waals surface area contributed by atoms with E-state index in [0.29, 0.717) is 26.2 Å². The van der Waals surface area contributed by atoms with Crippen LogP contribution in [0.4, 0.5) is 5.82 Å². The van der Waals surface area contributed by atoms with Crippen LogP contribution >= 0.6 is 0 Å². The predicted molar refractivity (Wildman–Crippen MR) is 86.4 cm³/mol. The molecule has 23 heavy (non-hydrogen) atoms. The minimum atomic E-state index is -0.199. The Kier molecular flexibility index (Phi) is 4.91. The Morgan fingerprint density at radius 1 is 1.39 bits per heavy atom. The highest BCUT2D eigenvalue weighted by Crippen LogP contribution is 2.21. The minimum Gasteiger partial charge on any atom is -0.457 e. The van der Waals surface area contributed by atoms with E-state index in [1.54, 1.807) is 0 Å². The van der Waals surface area contributed by atoms with Crippen LogP contribution in [-0.2, 0) is 14.3 Å². The molecule has 0 bridgehead atoms. The fraction of sp³-hybridized carbons (Fsp3) is 0.588. The van der Waals surface area contributed by atoms with E-state index in [0.717, 1.165) is 42.3 Å². The van der Waals surface area contributed by atoms with Crippen molar-refractivity contribution in [3.8, 4) is 0 Å². The number of esters is 1. The van der Waals surface area contributed by atoms with Crippen molar-refractivity contribution in [3.63, 3.8) is 0 Å². The topological polar surface area (TPSA) is 64.5 Å². The highest BCUT2D eigenvalue weighted by atomic mass is 16.5. The predicted octanol–water partition coefficient (Wildman–Crippen LogP) is 1.95. The maximum absolute atomic E-state index is 12.2. The summed E-state index contributed by atoms with van der Waals surface area (Å²) in [5, 5.41) is 0. The van der Waals surface area contributed by atoms with Gasteiger partial charge in [0.05, 0.1) is 19.8 Å². The average Bonchev–Trinajstić information content (AvgIpc) is 2.55. The van der Waals surface area contributed by atoms with E-state index in [1.165, 1.54) is 0 Å². The molecule has 0 radical (unpaired) electrons. The largest absolute Gasteiger partial charge is 0.457 e. The molecule has 1 saturated heterocycles. The highest BCUT2D eigenvalue weighted by molar-refractivity contribution is 5.88. The molecule has 2 aliphatic heterocycles. The number of aromatic nitrogens is 2. The van der Waals surface area contributed by atoms with Gasteiger partial charge in [-0.3, -0.25) is 0 Å². The first-order valence-corrected chi connectivity index (χ1v) is 8.17. The highest BCUT2D eigenvalue weighted by Gasteiger charge is 2.26. The van der Waals surface area contributed by atoms with E-state index in [2.05, 4.69) is 14.9 Å². The van der Waals surface area contributed by atoms with E-state index in [9.17, 15) is 4.79 Å². The second-order valence-electron chi connectivity index (χ2n) is 6.08. The normalized spacial score (nSPS) is 21.7. The summed E-state index contributed by atoms with van der Waals surface area (Å²) in [6.45, 7) is 6.58. The van der Waals surface area contributed by atoms with Gasteiger partial charge in [-0.1, -0.05) is 0 Å². The van der Waals surface area contributed by atoms with Crippen molar-refractivity contribution >= 4 is 11.8 Å². The Labute approximate surface area is 136 Å². The Hall–Kier alpha value is -1.95. The lowest BCUT2D eigenvalue weighted by Crippen LogP contribution is -2.41. The maximum atomic E-state index is 12.2. The van der Waals surface area contributed by atoms with Gasteiger partial charge >= 0.3 is 5.97 Å². The van der Waals surface area contributed by atoms with Crippen molar-refractivity contribution in [2.24, 2.45) is 0 Å². The number of hydrogen-bond acceptors (Lipinski definition) is 6. The van der Waals surface area contributed by atoms with Gasteiger partial charge in [0.25, 0.3) is 0 Å². The number of nitrogens with zero attached hydrogens (tertiary/aromatic N) is 3. The fourth-order valence-electron chi connectivity index (χ4n) is 3.04. The van der Waals surface area contributed by atoms with Crippen LogP contribution in [-0.4, -0.2) is 48.3 Å². The summed E-state index contributed by atoms with van der Waals surface area (Å²) < 4.78 is 10.9. The fourth-order valence-corrected chi connectivity index (χ4v) is 3.04. The molecular weight excluding hydrogens is 294 g/mol. The van der Waals surface area contributed by atoms with E-state index >= 15 is 0 Å². The van der Waals surface area contributed by atoms with Gasteiger partial charge in [-0.25, -0.2) is 14.8 Å². The monoisotopic (exact) mass is 317 g/mol. The molecule has 0 amide bonds. The van der Waals surface area contributed by atoms with E-state index < -0.39 is 0 Å². The number of piperidine rings is 1. The molecular formula is C17H23N3O3. The van der Waals surface area contributed by atoms with Crippen molar-refractivity contribution in [2.45, 2.75) is 39.2 Å². The van der Waals surface area contributed by atoms with Crippen LogP contribution < -0.4 is 4.90 Å². The summed E-state index contributed by atoms with van der Waals surface area (Å²) in [5.74, 6) is 1.49. The van der Waals surface area contributed by atoms with Gasteiger partial charge in [-0.2, -0.15) is 0 Å². The van der Waals surface area contributed by atoms with Crippen LogP contribution in [0, 0.1) is 13.8 Å². The number of carbonyl (C=O) groups excluding carboxylic acids is 1. The molecule has 0 spiro atoms. The van der Waals surface area contributed by atoms with Crippen LogP contribution in [0.15, 0.2) is 17.7 Å². The number of ether oxygens (including phenoxy) is 2. The molecule has 1 fully saturated rings. The van der Waals surface area contributed by atoms with Gasteiger partial charge in [0, 0.05) is 30.3 Å². The molecule has 0 unspecified atom stereocenters. The lowest BCUT2D eigenvalue weighted by atomic mass is 10.1. The zero-order chi connectivity index (χ0) is 16.2. The number of hydrogen-bond donors (Lipinski definition) is 0. The van der Waals surface area contributed by atoms with Crippen LogP contribution in [0.3, 0.4) is 0 Å². The summed E-state index contributed by atoms with van der Waals surface area (Å²) in [5.41, 5.74) is 1.70. The molecule has 6 nitrogen and oxygen atoms in total. The number of anilines is 1. The second-order valence-corrected chi connectivity index (χ2v) is 6.08. The Balaban J connectivity index is 1.63. The first-order valence-electron chi connectivity index (χ1n) is 8.17. The molecule has 1 aromatic rings. The lowest BCUT2D eigenvalue weighted by molar-refractivity contribution is -0.145. The Morgan fingerprint density at radius 2 is 2.26 bits per heavy atom. The maximum Gasteiger partial charge on any atom is 0.334 e. The molecule has 3 heterocycles. The van der Waals surface area contributed by atoms with Crippen LogP contribution in [0.25, 0.3) is 0 Å². The Bertz CT molecular complexity index is 595. The molecule has 0 N–H and O–H groups in total. The molecule has 3 rings (SSSR count). The van der Waals surface area contributed by atoms with Gasteiger partial charge in [0.2, 0.25) is 0 Å². The zero-order valence-corrected chi connectivity index (χ0v) is 13.7. The van der Waals surface area contributed by atoms with Gasteiger partial charge in [0.15, 0.2) is 0 Å². The quantitative estimate of drug-likeness (QED) is 0.794. The second kappa shape index (κ2) is 7.08. The Morgan fingerprint density at radius 3 is 3.00 bits per heavy atom. The van der Waals surface area contributed by atoms with Crippen molar-refractivity contribution in [3.05, 3.63) is 29.2 Å². The number of carbonyl (C=O) groups is 1. The first kappa shape index (κ1) is 15.9. The molecule has 0 saturated carbocycles. The zero-order valence-electron chi connectivity index (χ0n) is 13.7. The molecule has 124 valence electrons. The molecule has 0 aliphatic carbocycles. The molecule has 2 aliphatic rings. The van der Waals surface area contributed by atoms with E-state index in [-0.39, 0.29) is 12.1 Å². The van der Waals surface area contributed by atoms with Crippen LogP contribution in [0.2, 0.25) is 0 Å². The summed E-state index contributed by atoms with van der Waals surface area (Å²) in [4.78, 5) is 23.2. The van der Waals surface area contributed by atoms with Crippen molar-refractivity contribution in [1.82, 2.24) is 9.97 Å². The SMILES string of the molecule is Cc1cc(N2CCC[C@@H](OC(=O)C3=CCOCC3)C2)nc(C)n1. The first-order chi connectivity index (χ1) is 11.1. The van der Waals surface area contributed by atoms with Crippen molar-refractivity contribution in [2.75, 3.05) is 31.2 Å². The van der Waals surface area contributed by atoms with Crippen LogP contribution in [0.5, 0.6) is 0 Å². The molecule has 1 atom stereocenters. The smallest absolute Gasteiger partial charge is 0.334 e. The standard InChI is InChI=1S/C17H23N3O3/c1-12-10-16(19-13(2)18-12)20-7-3-4-15(11-20)23-17(21)14-5-8-22-9-6-14/h5,10,15H,3-4,6-9,11H2,1-2H3/t15-/m1/s1. The minimum absolute atomic E-state index is 0.0874. The average molecular weight is 317 g/mol. The lowest BCUT2D eigenvalue weighted by Gasteiger charge is -2.33. The molecule has 6 heteroatoms. The third kappa shape index (κ3) is 4.07. The van der Waals surface area contributed by atoms with Gasteiger partial charge < -0.3 is 14.4 Å². The van der Waals surface area contributed by atoms with Gasteiger partial charge in [0.1, 0.15) is 17.7 Å². The summed E-state index contributed by atoms with van der Waals surface area (Å²) in [7, 11) is 0. The molecule has 0 aromatic carbocycles. The number of aryl methyl sites for hydroxylation is 2. The van der Waals surface area contributed by atoms with Crippen molar-refractivity contribution in [1.29, 1.82) is 0 Å². The summed E-state index contributed by atoms with van der Waals surface area (Å²) in [6.07, 6.45) is 4.26. The summed E-state index contributed by atoms with van der Waals surface area (Å²) in [6, 6.07) is 1.98. The van der Waals surface area contributed by atoms with Crippen molar-refractivity contribution < 1.29 is 14.3 Å². The van der Waals surface area contributed by atoms with Gasteiger partial charge in [-0.05, 0) is 32.8 Å². The number of rotatable bonds is 3. The van der Waals surface area contributed by atoms with Crippen LogP contribution in [0.1, 0.15) is 30.8 Å². The van der Waals surface area contributed by atoms with Gasteiger partial charge in [-0.15, -0.1) is 0 Å². The van der Waals surface area contributed by atoms with E-state index in [4.69, 9.17) is 9.47 Å².